The molecule has 4 heteroatoms. The highest BCUT2D eigenvalue weighted by Gasteiger charge is 2.23. The summed E-state index contributed by atoms with van der Waals surface area (Å²) in [5.74, 6) is 0. The summed E-state index contributed by atoms with van der Waals surface area (Å²) in [6, 6.07) is 6.67. The van der Waals surface area contributed by atoms with E-state index in [1.807, 2.05) is 13.8 Å². The molecular formula is C17H27N3O. The summed E-state index contributed by atoms with van der Waals surface area (Å²) >= 11 is 0. The first-order chi connectivity index (χ1) is 10.0. The van der Waals surface area contributed by atoms with Crippen molar-refractivity contribution >= 4 is 5.69 Å². The molecule has 1 aromatic rings. The van der Waals surface area contributed by atoms with Crippen molar-refractivity contribution in [1.82, 2.24) is 9.80 Å². The Morgan fingerprint density at radius 1 is 1.14 bits per heavy atom. The third kappa shape index (κ3) is 3.76. The average molecular weight is 289 g/mol. The van der Waals surface area contributed by atoms with Crippen LogP contribution in [0.25, 0.3) is 0 Å². The van der Waals surface area contributed by atoms with E-state index in [9.17, 15) is 5.11 Å². The molecule has 1 fully saturated rings. The topological polar surface area (TPSA) is 38.7 Å². The molecule has 1 aromatic carbocycles. The lowest BCUT2D eigenvalue weighted by Gasteiger charge is -2.37. The molecule has 0 amide bonds. The number of β-amino-alcohol motifs (C(OH)–C–C–N with tert-alkyl or cyclic N) is 1. The Labute approximate surface area is 127 Å². The molecule has 0 spiro atoms. The normalized spacial score (nSPS) is 20.3. The zero-order valence-electron chi connectivity index (χ0n) is 13.2. The van der Waals surface area contributed by atoms with Crippen molar-refractivity contribution in [3.63, 3.8) is 0 Å². The zero-order chi connectivity index (χ0) is 14.9. The fourth-order valence-electron chi connectivity index (χ4n) is 3.44. The second kappa shape index (κ2) is 5.95. The summed E-state index contributed by atoms with van der Waals surface area (Å²) in [4.78, 5) is 4.89. The van der Waals surface area contributed by atoms with Gasteiger partial charge in [0, 0.05) is 51.5 Å². The number of hydrogen-bond donors (Lipinski definition) is 2. The lowest BCUT2D eigenvalue weighted by atomic mass is 10.1. The summed E-state index contributed by atoms with van der Waals surface area (Å²) in [5.41, 5.74) is 3.68. The number of para-hydroxylation sites is 1. The van der Waals surface area contributed by atoms with E-state index in [0.29, 0.717) is 0 Å². The van der Waals surface area contributed by atoms with Crippen LogP contribution < -0.4 is 5.32 Å². The highest BCUT2D eigenvalue weighted by Crippen LogP contribution is 2.27. The Hall–Kier alpha value is -1.10. The third-order valence-corrected chi connectivity index (χ3v) is 4.40. The first-order valence-electron chi connectivity index (χ1n) is 8.03. The number of nitrogens with one attached hydrogen (secondary N) is 1. The van der Waals surface area contributed by atoms with E-state index in [4.69, 9.17) is 0 Å². The number of nitrogens with zero attached hydrogens (tertiary/aromatic N) is 2. The molecule has 0 unspecified atom stereocenters. The summed E-state index contributed by atoms with van der Waals surface area (Å²) in [7, 11) is 0. The molecule has 0 atom stereocenters. The summed E-state index contributed by atoms with van der Waals surface area (Å²) < 4.78 is 0. The predicted molar refractivity (Wildman–Crippen MR) is 86.7 cm³/mol. The van der Waals surface area contributed by atoms with Gasteiger partial charge in [0.15, 0.2) is 0 Å². The minimum atomic E-state index is -0.591. The minimum absolute atomic E-state index is 0.591. The van der Waals surface area contributed by atoms with Crippen molar-refractivity contribution in [2.24, 2.45) is 0 Å². The molecule has 0 aromatic heterocycles. The maximum absolute atomic E-state index is 9.91. The van der Waals surface area contributed by atoms with Crippen LogP contribution in [0, 0.1) is 0 Å². The van der Waals surface area contributed by atoms with Gasteiger partial charge in [0.25, 0.3) is 0 Å². The Kier molecular flexibility index (Phi) is 4.20. The predicted octanol–water partition coefficient (Wildman–Crippen LogP) is 1.54. The van der Waals surface area contributed by atoms with Crippen LogP contribution in [0.4, 0.5) is 5.69 Å². The van der Waals surface area contributed by atoms with Gasteiger partial charge in [0.05, 0.1) is 5.60 Å². The first kappa shape index (κ1) is 14.8. The van der Waals surface area contributed by atoms with E-state index in [2.05, 4.69) is 33.3 Å². The number of aliphatic hydroxyl groups is 1. The average Bonchev–Trinajstić information content (AvgIpc) is 2.89. The van der Waals surface area contributed by atoms with Crippen LogP contribution >= 0.6 is 0 Å². The molecular weight excluding hydrogens is 262 g/mol. The lowest BCUT2D eigenvalue weighted by Crippen LogP contribution is -2.50. The van der Waals surface area contributed by atoms with Gasteiger partial charge in [0.1, 0.15) is 0 Å². The third-order valence-electron chi connectivity index (χ3n) is 4.40. The van der Waals surface area contributed by atoms with Crippen molar-refractivity contribution in [3.8, 4) is 0 Å². The summed E-state index contributed by atoms with van der Waals surface area (Å²) in [6.45, 7) is 10.9. The standard InChI is InChI=1S/C17H27N3O/c1-17(2,21)13-20-10-8-19(9-11-20)12-15-5-3-4-14-6-7-18-16(14)15/h3-5,18,21H,6-13H2,1-2H3. The quantitative estimate of drug-likeness (QED) is 0.882. The van der Waals surface area contributed by atoms with E-state index < -0.39 is 5.60 Å². The van der Waals surface area contributed by atoms with Gasteiger partial charge in [-0.15, -0.1) is 0 Å². The molecule has 2 aliphatic rings. The van der Waals surface area contributed by atoms with Crippen LogP contribution in [0.15, 0.2) is 18.2 Å². The van der Waals surface area contributed by atoms with E-state index in [0.717, 1.165) is 52.2 Å². The van der Waals surface area contributed by atoms with Crippen LogP contribution in [-0.2, 0) is 13.0 Å². The second-order valence-corrected chi connectivity index (χ2v) is 6.99. The Balaban J connectivity index is 1.55. The lowest BCUT2D eigenvalue weighted by molar-refractivity contribution is 0.0167. The fraction of sp³-hybridized carbons (Fsp3) is 0.647. The van der Waals surface area contributed by atoms with Gasteiger partial charge in [-0.3, -0.25) is 9.80 Å². The molecule has 0 aliphatic carbocycles. The van der Waals surface area contributed by atoms with E-state index in [1.54, 1.807) is 0 Å². The number of piperazine rings is 1. The molecule has 2 heterocycles. The maximum atomic E-state index is 9.91. The van der Waals surface area contributed by atoms with Gasteiger partial charge in [0.2, 0.25) is 0 Å². The number of hydrogen-bond acceptors (Lipinski definition) is 4. The molecule has 0 radical (unpaired) electrons. The van der Waals surface area contributed by atoms with Crippen LogP contribution in [0.5, 0.6) is 0 Å². The van der Waals surface area contributed by atoms with Gasteiger partial charge in [-0.25, -0.2) is 0 Å². The number of fused-ring (bicyclic) bond motifs is 1. The van der Waals surface area contributed by atoms with Crippen molar-refractivity contribution in [1.29, 1.82) is 0 Å². The fourth-order valence-corrected chi connectivity index (χ4v) is 3.44. The van der Waals surface area contributed by atoms with Gasteiger partial charge < -0.3 is 10.4 Å². The van der Waals surface area contributed by atoms with Crippen molar-refractivity contribution < 1.29 is 5.11 Å². The maximum Gasteiger partial charge on any atom is 0.0718 e. The van der Waals surface area contributed by atoms with Gasteiger partial charge in [-0.1, -0.05) is 18.2 Å². The highest BCUT2D eigenvalue weighted by atomic mass is 16.3. The Morgan fingerprint density at radius 2 is 1.86 bits per heavy atom. The van der Waals surface area contributed by atoms with Gasteiger partial charge in [-0.2, -0.15) is 0 Å². The summed E-state index contributed by atoms with van der Waals surface area (Å²) in [5, 5.41) is 13.4. The molecule has 2 aliphatic heterocycles. The first-order valence-corrected chi connectivity index (χ1v) is 8.03. The van der Waals surface area contributed by atoms with Crippen molar-refractivity contribution in [2.75, 3.05) is 44.6 Å². The largest absolute Gasteiger partial charge is 0.389 e. The molecule has 0 bridgehead atoms. The summed E-state index contributed by atoms with van der Waals surface area (Å²) in [6.07, 6.45) is 1.16. The molecule has 1 saturated heterocycles. The van der Waals surface area contributed by atoms with Gasteiger partial charge in [-0.05, 0) is 31.4 Å². The van der Waals surface area contributed by atoms with Crippen LogP contribution in [-0.4, -0.2) is 59.8 Å². The smallest absolute Gasteiger partial charge is 0.0718 e. The van der Waals surface area contributed by atoms with E-state index >= 15 is 0 Å². The molecule has 0 saturated carbocycles. The highest BCUT2D eigenvalue weighted by molar-refractivity contribution is 5.61. The SMILES string of the molecule is CC(C)(O)CN1CCN(Cc2cccc3c2NCC3)CC1. The number of rotatable bonds is 4. The minimum Gasteiger partial charge on any atom is -0.389 e. The van der Waals surface area contributed by atoms with Crippen LogP contribution in [0.2, 0.25) is 0 Å². The van der Waals surface area contributed by atoms with Crippen LogP contribution in [0.1, 0.15) is 25.0 Å². The zero-order valence-corrected chi connectivity index (χ0v) is 13.2. The Morgan fingerprint density at radius 3 is 2.57 bits per heavy atom. The van der Waals surface area contributed by atoms with Crippen LogP contribution in [0.3, 0.4) is 0 Å². The molecule has 4 nitrogen and oxygen atoms in total. The molecule has 116 valence electrons. The molecule has 2 N–H and O–H groups in total. The van der Waals surface area contributed by atoms with Crippen molar-refractivity contribution in [2.45, 2.75) is 32.4 Å². The van der Waals surface area contributed by atoms with Gasteiger partial charge >= 0.3 is 0 Å². The van der Waals surface area contributed by atoms with E-state index in [-0.39, 0.29) is 0 Å². The Bertz CT molecular complexity index is 487. The monoisotopic (exact) mass is 289 g/mol. The van der Waals surface area contributed by atoms with E-state index in [1.165, 1.54) is 16.8 Å². The molecule has 21 heavy (non-hydrogen) atoms. The number of benzene rings is 1. The molecule has 3 rings (SSSR count). The van der Waals surface area contributed by atoms with Crippen molar-refractivity contribution in [3.05, 3.63) is 29.3 Å². The number of anilines is 1. The second-order valence-electron chi connectivity index (χ2n) is 6.99.